The highest BCUT2D eigenvalue weighted by atomic mass is 79.9. The molecule has 1 amide bonds. The van der Waals surface area contributed by atoms with Crippen LogP contribution >= 0.6 is 27.5 Å². The molecule has 4 aromatic rings. The summed E-state index contributed by atoms with van der Waals surface area (Å²) in [5.41, 5.74) is 1.46. The lowest BCUT2D eigenvalue weighted by Gasteiger charge is -2.07. The van der Waals surface area contributed by atoms with Crippen molar-refractivity contribution in [1.29, 1.82) is 0 Å². The van der Waals surface area contributed by atoms with E-state index in [9.17, 15) is 14.9 Å². The molecule has 0 saturated heterocycles. The first-order valence-electron chi connectivity index (χ1n) is 9.61. The highest BCUT2D eigenvalue weighted by Gasteiger charge is 2.14. The molecule has 11 heteroatoms. The molecule has 2 heterocycles. The molecule has 33 heavy (non-hydrogen) atoms. The maximum absolute atomic E-state index is 12.6. The maximum atomic E-state index is 12.6. The number of carbonyl (C=O) groups excluding carboxylic acids is 1. The molecule has 0 unspecified atom stereocenters. The van der Waals surface area contributed by atoms with Gasteiger partial charge in [0.05, 0.1) is 27.2 Å². The SMILES string of the molecule is O=C(Nc1cccc(Cn2cc(Br)cn2)c1)c1ccc(COc2ccc([N+](=O)[O-])cc2Cl)o1. The Bertz CT molecular complexity index is 1320. The number of aromatic nitrogens is 2. The number of ether oxygens (including phenoxy) is 1. The van der Waals surface area contributed by atoms with Gasteiger partial charge in [0, 0.05) is 24.0 Å². The summed E-state index contributed by atoms with van der Waals surface area (Å²) in [7, 11) is 0. The second-order valence-electron chi connectivity index (χ2n) is 6.94. The van der Waals surface area contributed by atoms with Crippen LogP contribution in [0, 0.1) is 10.1 Å². The first-order chi connectivity index (χ1) is 15.9. The zero-order chi connectivity index (χ0) is 23.4. The molecule has 0 saturated carbocycles. The van der Waals surface area contributed by atoms with Crippen LogP contribution in [0.25, 0.3) is 0 Å². The summed E-state index contributed by atoms with van der Waals surface area (Å²) < 4.78 is 13.8. The monoisotopic (exact) mass is 530 g/mol. The molecule has 2 aromatic heterocycles. The molecule has 4 rings (SSSR count). The van der Waals surface area contributed by atoms with E-state index in [1.54, 1.807) is 23.0 Å². The number of anilines is 1. The number of carbonyl (C=O) groups is 1. The number of nitro groups is 1. The van der Waals surface area contributed by atoms with Crippen molar-refractivity contribution in [3.05, 3.63) is 104 Å². The third kappa shape index (κ3) is 5.79. The van der Waals surface area contributed by atoms with Crippen LogP contribution in [0.3, 0.4) is 0 Å². The number of hydrogen-bond donors (Lipinski definition) is 1. The molecule has 0 fully saturated rings. The van der Waals surface area contributed by atoms with E-state index in [-0.39, 0.29) is 28.8 Å². The highest BCUT2D eigenvalue weighted by Crippen LogP contribution is 2.29. The second kappa shape index (κ2) is 9.88. The van der Waals surface area contributed by atoms with E-state index in [0.29, 0.717) is 18.0 Å². The average Bonchev–Trinajstić information content (AvgIpc) is 3.42. The predicted molar refractivity (Wildman–Crippen MR) is 125 cm³/mol. The number of benzene rings is 2. The van der Waals surface area contributed by atoms with Gasteiger partial charge in [-0.1, -0.05) is 23.7 Å². The molecule has 0 radical (unpaired) electrons. The van der Waals surface area contributed by atoms with Gasteiger partial charge in [0.15, 0.2) is 5.76 Å². The third-order valence-corrected chi connectivity index (χ3v) is 5.22. The fourth-order valence-corrected chi connectivity index (χ4v) is 3.56. The van der Waals surface area contributed by atoms with Gasteiger partial charge in [0.2, 0.25) is 0 Å². The number of rotatable bonds is 8. The van der Waals surface area contributed by atoms with Crippen molar-refractivity contribution in [1.82, 2.24) is 9.78 Å². The van der Waals surface area contributed by atoms with E-state index in [1.165, 1.54) is 24.3 Å². The molecule has 0 spiro atoms. The van der Waals surface area contributed by atoms with Gasteiger partial charge in [-0.05, 0) is 51.8 Å². The Hall–Kier alpha value is -3.63. The predicted octanol–water partition coefficient (Wildman–Crippen LogP) is 5.68. The van der Waals surface area contributed by atoms with Gasteiger partial charge in [-0.25, -0.2) is 0 Å². The topological polar surface area (TPSA) is 112 Å². The summed E-state index contributed by atoms with van der Waals surface area (Å²) in [6, 6.07) is 14.5. The van der Waals surface area contributed by atoms with Crippen LogP contribution in [0.4, 0.5) is 11.4 Å². The molecule has 1 N–H and O–H groups in total. The van der Waals surface area contributed by atoms with Crippen LogP contribution in [-0.2, 0) is 13.2 Å². The lowest BCUT2D eigenvalue weighted by Crippen LogP contribution is -2.11. The maximum Gasteiger partial charge on any atom is 0.291 e. The van der Waals surface area contributed by atoms with Crippen molar-refractivity contribution < 1.29 is 18.9 Å². The average molecular weight is 532 g/mol. The number of nitrogens with zero attached hydrogens (tertiary/aromatic N) is 3. The second-order valence-corrected chi connectivity index (χ2v) is 8.26. The Kier molecular flexibility index (Phi) is 6.76. The van der Waals surface area contributed by atoms with E-state index >= 15 is 0 Å². The molecule has 168 valence electrons. The van der Waals surface area contributed by atoms with Crippen molar-refractivity contribution in [2.24, 2.45) is 0 Å². The Balaban J connectivity index is 1.36. The van der Waals surface area contributed by atoms with E-state index in [1.807, 2.05) is 24.4 Å². The number of hydrogen-bond acceptors (Lipinski definition) is 6. The van der Waals surface area contributed by atoms with E-state index in [0.717, 1.165) is 10.0 Å². The van der Waals surface area contributed by atoms with Gasteiger partial charge >= 0.3 is 0 Å². The first-order valence-corrected chi connectivity index (χ1v) is 10.8. The molecule has 0 atom stereocenters. The molecule has 0 bridgehead atoms. The zero-order valence-corrected chi connectivity index (χ0v) is 19.2. The van der Waals surface area contributed by atoms with Crippen molar-refractivity contribution in [2.75, 3.05) is 5.32 Å². The third-order valence-electron chi connectivity index (χ3n) is 4.51. The lowest BCUT2D eigenvalue weighted by atomic mass is 10.2. The summed E-state index contributed by atoms with van der Waals surface area (Å²) in [5, 5.41) is 17.9. The van der Waals surface area contributed by atoms with Crippen LogP contribution in [0.5, 0.6) is 5.75 Å². The van der Waals surface area contributed by atoms with Crippen LogP contribution in [0.1, 0.15) is 21.9 Å². The van der Waals surface area contributed by atoms with Crippen LogP contribution in [0.15, 0.2) is 75.9 Å². The van der Waals surface area contributed by atoms with Gasteiger partial charge in [-0.3, -0.25) is 19.6 Å². The minimum Gasteiger partial charge on any atom is -0.484 e. The van der Waals surface area contributed by atoms with Crippen LogP contribution < -0.4 is 10.1 Å². The summed E-state index contributed by atoms with van der Waals surface area (Å²) >= 11 is 9.38. The number of amides is 1. The van der Waals surface area contributed by atoms with Gasteiger partial charge in [0.1, 0.15) is 18.1 Å². The van der Waals surface area contributed by atoms with Crippen molar-refractivity contribution >= 4 is 44.8 Å². The molecule has 0 aliphatic carbocycles. The molecular weight excluding hydrogens is 516 g/mol. The number of nitrogens with one attached hydrogen (secondary N) is 1. The Labute approximate surface area is 201 Å². The zero-order valence-electron chi connectivity index (χ0n) is 16.9. The summed E-state index contributed by atoms with van der Waals surface area (Å²) in [5.74, 6) is 0.372. The number of halogens is 2. The highest BCUT2D eigenvalue weighted by molar-refractivity contribution is 9.10. The van der Waals surface area contributed by atoms with Gasteiger partial charge in [-0.15, -0.1) is 0 Å². The summed E-state index contributed by atoms with van der Waals surface area (Å²) in [6.07, 6.45) is 3.57. The minimum absolute atomic E-state index is 0.000272. The summed E-state index contributed by atoms with van der Waals surface area (Å²) in [4.78, 5) is 22.8. The molecule has 2 aromatic carbocycles. The normalized spacial score (nSPS) is 10.7. The molecular formula is C22H16BrClN4O5. The fraction of sp³-hybridized carbons (Fsp3) is 0.0909. The Morgan fingerprint density at radius 2 is 2.09 bits per heavy atom. The number of nitro benzene ring substituents is 1. The quantitative estimate of drug-likeness (QED) is 0.231. The van der Waals surface area contributed by atoms with Gasteiger partial charge in [0.25, 0.3) is 11.6 Å². The van der Waals surface area contributed by atoms with Crippen LogP contribution in [0.2, 0.25) is 5.02 Å². The summed E-state index contributed by atoms with van der Waals surface area (Å²) in [6.45, 7) is 0.558. The van der Waals surface area contributed by atoms with E-state index in [2.05, 4.69) is 26.3 Å². The molecule has 0 aliphatic rings. The molecule has 0 aliphatic heterocycles. The smallest absolute Gasteiger partial charge is 0.291 e. The van der Waals surface area contributed by atoms with E-state index in [4.69, 9.17) is 20.8 Å². The van der Waals surface area contributed by atoms with Gasteiger partial charge < -0.3 is 14.5 Å². The van der Waals surface area contributed by atoms with Crippen molar-refractivity contribution in [3.63, 3.8) is 0 Å². The fourth-order valence-electron chi connectivity index (χ4n) is 3.00. The van der Waals surface area contributed by atoms with Gasteiger partial charge in [-0.2, -0.15) is 5.10 Å². The number of non-ortho nitro benzene ring substituents is 1. The number of furan rings is 1. The van der Waals surface area contributed by atoms with Crippen molar-refractivity contribution in [3.8, 4) is 5.75 Å². The lowest BCUT2D eigenvalue weighted by molar-refractivity contribution is -0.384. The van der Waals surface area contributed by atoms with E-state index < -0.39 is 10.8 Å². The Morgan fingerprint density at radius 3 is 2.82 bits per heavy atom. The largest absolute Gasteiger partial charge is 0.484 e. The van der Waals surface area contributed by atoms with Crippen LogP contribution in [-0.4, -0.2) is 20.6 Å². The first kappa shape index (κ1) is 22.6. The standard InChI is InChI=1S/C22H16BrClN4O5/c23-15-10-25-27(12-15)11-14-2-1-3-16(8-14)26-22(29)21-7-5-18(33-21)13-32-20-6-4-17(28(30)31)9-19(20)24/h1-10,12H,11,13H2,(H,26,29). The van der Waals surface area contributed by atoms with Crippen molar-refractivity contribution in [2.45, 2.75) is 13.2 Å². The Morgan fingerprint density at radius 1 is 1.24 bits per heavy atom. The minimum atomic E-state index is -0.542. The molecule has 9 nitrogen and oxygen atoms in total.